The van der Waals surface area contributed by atoms with E-state index in [-0.39, 0.29) is 28.0 Å². The summed E-state index contributed by atoms with van der Waals surface area (Å²) in [5, 5.41) is 23.2. The van der Waals surface area contributed by atoms with Gasteiger partial charge in [-0.25, -0.2) is 0 Å². The van der Waals surface area contributed by atoms with Gasteiger partial charge in [0.25, 0.3) is 0 Å². The van der Waals surface area contributed by atoms with Gasteiger partial charge in [0.1, 0.15) is 0 Å². The van der Waals surface area contributed by atoms with Crippen molar-refractivity contribution < 1.29 is 26.7 Å². The van der Waals surface area contributed by atoms with Crippen molar-refractivity contribution in [1.29, 1.82) is 0 Å². The van der Waals surface area contributed by atoms with E-state index >= 15 is 0 Å². The van der Waals surface area contributed by atoms with Crippen LogP contribution in [0.5, 0.6) is 11.5 Å². The average molecular weight is 894 g/mol. The quantitative estimate of drug-likeness (QED) is 0.0356. The maximum atomic E-state index is 11.6. The van der Waals surface area contributed by atoms with E-state index in [0.29, 0.717) is 17.5 Å². The monoisotopic (exact) mass is 893 g/mol. The molecule has 62 heavy (non-hydrogen) atoms. The summed E-state index contributed by atoms with van der Waals surface area (Å²) in [7, 11) is 0. The molecule has 3 aromatic carbocycles. The molecule has 0 aliphatic heterocycles. The van der Waals surface area contributed by atoms with E-state index in [2.05, 4.69) is 84.9 Å². The van der Waals surface area contributed by atoms with Gasteiger partial charge in [0, 0.05) is 0 Å². The smallest absolute Gasteiger partial charge is 0.873 e. The Kier molecular flexibility index (Phi) is 33.6. The fourth-order valence-corrected chi connectivity index (χ4v) is 8.17. The molecule has 0 saturated heterocycles. The van der Waals surface area contributed by atoms with Gasteiger partial charge < -0.3 is 10.2 Å². The van der Waals surface area contributed by atoms with Crippen LogP contribution in [0.1, 0.15) is 236 Å². The first-order valence-electron chi connectivity index (χ1n) is 25.7. The number of benzene rings is 3. The zero-order valence-corrected chi connectivity index (χ0v) is 42.1. The van der Waals surface area contributed by atoms with E-state index in [0.717, 1.165) is 56.3 Å². The maximum Gasteiger partial charge on any atom is 2.00 e. The second kappa shape index (κ2) is 36.4. The Morgan fingerprint density at radius 1 is 0.355 bits per heavy atom. The van der Waals surface area contributed by atoms with E-state index in [1.54, 1.807) is 17.2 Å². The number of unbranched alkanes of at least 4 members (excludes halogenated alkanes) is 14. The number of nitrogens with zero attached hydrogens (tertiary/aromatic N) is 2. The number of aryl methyl sites for hydroxylation is 6. The Labute approximate surface area is 392 Å². The van der Waals surface area contributed by atoms with Crippen molar-refractivity contribution >= 4 is 22.8 Å². The topological polar surface area (TPSA) is 70.8 Å². The van der Waals surface area contributed by atoms with Crippen LogP contribution >= 0.6 is 0 Å². The molecule has 350 valence electrons. The predicted octanol–water partition coefficient (Wildman–Crippen LogP) is 16.7. The van der Waals surface area contributed by atoms with Crippen molar-refractivity contribution in [2.24, 2.45) is 9.98 Å². The minimum absolute atomic E-state index is 0. The Bertz CT molecular complexity index is 1660. The number of rotatable bonds is 32. The fraction of sp³-hybridized carbons (Fsp3) is 0.649. The average Bonchev–Trinajstić information content (AvgIpc) is 3.27. The van der Waals surface area contributed by atoms with Crippen molar-refractivity contribution in [1.82, 2.24) is 0 Å². The molecule has 5 heteroatoms. The van der Waals surface area contributed by atoms with Crippen LogP contribution in [0.4, 0.5) is 11.4 Å². The van der Waals surface area contributed by atoms with Gasteiger partial charge in [-0.05, 0) is 143 Å². The van der Waals surface area contributed by atoms with E-state index in [4.69, 9.17) is 9.98 Å². The first-order valence-corrected chi connectivity index (χ1v) is 25.7. The van der Waals surface area contributed by atoms with Crippen molar-refractivity contribution in [2.75, 3.05) is 0 Å². The molecule has 4 nitrogen and oxygen atoms in total. The van der Waals surface area contributed by atoms with E-state index in [9.17, 15) is 10.2 Å². The third-order valence-corrected chi connectivity index (χ3v) is 12.2. The Morgan fingerprint density at radius 2 is 0.677 bits per heavy atom. The van der Waals surface area contributed by atoms with Crippen molar-refractivity contribution in [3.8, 4) is 11.5 Å². The van der Waals surface area contributed by atoms with Crippen LogP contribution in [-0.4, -0.2) is 11.4 Å². The van der Waals surface area contributed by atoms with Gasteiger partial charge in [-0.1, -0.05) is 181 Å². The second-order valence-corrected chi connectivity index (χ2v) is 17.6. The summed E-state index contributed by atoms with van der Waals surface area (Å²) >= 11 is 0. The Balaban J connectivity index is 0.00000101. The molecule has 0 atom stereocenters. The minimum Gasteiger partial charge on any atom is -0.873 e. The Morgan fingerprint density at radius 3 is 1.08 bits per heavy atom. The van der Waals surface area contributed by atoms with Crippen molar-refractivity contribution in [3.63, 3.8) is 0 Å². The predicted molar refractivity (Wildman–Crippen MR) is 266 cm³/mol. The molecular weight excluding hydrogens is 803 g/mol. The fourth-order valence-electron chi connectivity index (χ4n) is 8.17. The molecule has 0 N–H and O–H groups in total. The molecule has 0 unspecified atom stereocenters. The summed E-state index contributed by atoms with van der Waals surface area (Å²) in [5.74, 6) is -0.586. The molecule has 0 heterocycles. The van der Waals surface area contributed by atoms with Gasteiger partial charge in [-0.15, -0.1) is 11.5 Å². The molecule has 0 aliphatic rings. The van der Waals surface area contributed by atoms with E-state index in [1.165, 1.54) is 157 Å². The van der Waals surface area contributed by atoms with E-state index in [1.807, 2.05) is 13.0 Å². The normalized spacial score (nSPS) is 11.7. The summed E-state index contributed by atoms with van der Waals surface area (Å²) < 4.78 is 0. The van der Waals surface area contributed by atoms with E-state index < -0.39 is 0 Å². The van der Waals surface area contributed by atoms with Gasteiger partial charge in [0.2, 0.25) is 0 Å². The second-order valence-electron chi connectivity index (χ2n) is 17.6. The van der Waals surface area contributed by atoms with Crippen LogP contribution in [0.2, 0.25) is 0 Å². The molecule has 3 rings (SSSR count). The standard InChI is InChI=1S/C44H72N2.C13H20O2.Ni/c1-7-13-19-24-30-44(46-42-34-32-38(26-21-15-9-3)40(36-42)28-23-17-11-5)43(29-18-12-6)45-41-33-31-37(25-20-14-8-2)39(35-41)27-22-16-10-4;1-3-5-6-7-11-9-8-10(4-2)12(14)13(11)15;/h31-36H,7-30H2,1-6H3;8-9,14-15H,3-7H2,1-2H3;/q;;+2/p-2. The Hall–Kier alpha value is -2.91. The molecular formula is C57H90N2NiO2. The van der Waals surface area contributed by atoms with Crippen molar-refractivity contribution in [3.05, 3.63) is 81.9 Å². The molecule has 0 radical (unpaired) electrons. The summed E-state index contributed by atoms with van der Waals surface area (Å²) in [6.07, 6.45) is 34.2. The molecule has 0 amide bonds. The zero-order chi connectivity index (χ0) is 44.5. The van der Waals surface area contributed by atoms with Gasteiger partial charge in [0.15, 0.2) is 0 Å². The molecule has 0 aliphatic carbocycles. The summed E-state index contributed by atoms with van der Waals surface area (Å²) in [4.78, 5) is 10.9. The zero-order valence-electron chi connectivity index (χ0n) is 41.2. The number of hydrogen-bond acceptors (Lipinski definition) is 4. The third kappa shape index (κ3) is 22.6. The number of hydrogen-bond donors (Lipinski definition) is 0. The van der Waals surface area contributed by atoms with Gasteiger partial charge >= 0.3 is 16.5 Å². The molecule has 0 bridgehead atoms. The van der Waals surface area contributed by atoms with Gasteiger partial charge in [-0.2, -0.15) is 0 Å². The van der Waals surface area contributed by atoms with Crippen LogP contribution in [0, 0.1) is 0 Å². The largest absolute Gasteiger partial charge is 2.00 e. The first-order chi connectivity index (χ1) is 29.8. The summed E-state index contributed by atoms with van der Waals surface area (Å²) in [6.45, 7) is 17.8. The van der Waals surface area contributed by atoms with Crippen LogP contribution in [0.25, 0.3) is 0 Å². The van der Waals surface area contributed by atoms with Crippen LogP contribution in [-0.2, 0) is 55.0 Å². The van der Waals surface area contributed by atoms with Crippen LogP contribution in [0.3, 0.4) is 0 Å². The maximum absolute atomic E-state index is 11.6. The molecule has 3 aromatic rings. The number of aliphatic imine (C=N–C) groups is 2. The summed E-state index contributed by atoms with van der Waals surface area (Å²) in [5.41, 5.74) is 12.2. The summed E-state index contributed by atoms with van der Waals surface area (Å²) in [6, 6.07) is 17.8. The van der Waals surface area contributed by atoms with Gasteiger partial charge in [0.05, 0.1) is 22.8 Å². The molecule has 0 fully saturated rings. The first kappa shape index (κ1) is 57.1. The van der Waals surface area contributed by atoms with Gasteiger partial charge in [-0.3, -0.25) is 9.98 Å². The van der Waals surface area contributed by atoms with Crippen LogP contribution < -0.4 is 10.2 Å². The van der Waals surface area contributed by atoms with Crippen molar-refractivity contribution in [2.45, 2.75) is 242 Å². The van der Waals surface area contributed by atoms with Crippen LogP contribution in [0.15, 0.2) is 58.5 Å². The SMILES string of the molecule is CCCCCCC(=Nc1ccc(CCCCC)c(CCCCC)c1)C(CCCC)=Nc1ccc(CCCCC)c(CCCCC)c1.CCCCCc1ccc(CC)c([O-])c1[O-].[Ni+2]. The molecule has 0 saturated carbocycles. The third-order valence-electron chi connectivity index (χ3n) is 12.2. The molecule has 0 aromatic heterocycles. The molecule has 0 spiro atoms. The minimum atomic E-state index is -0.300.